The van der Waals surface area contributed by atoms with Crippen LogP contribution in [0.1, 0.15) is 0 Å². The van der Waals surface area contributed by atoms with E-state index in [1.807, 2.05) is 66.7 Å². The maximum absolute atomic E-state index is 12.3. The third-order valence-electron chi connectivity index (χ3n) is 3.08. The monoisotopic (exact) mass is 313 g/mol. The van der Waals surface area contributed by atoms with E-state index in [-0.39, 0.29) is 0 Å². The van der Waals surface area contributed by atoms with Gasteiger partial charge in [0.2, 0.25) is 0 Å². The molecule has 3 N–H and O–H groups in total. The molecule has 0 aliphatic carbocycles. The minimum atomic E-state index is -1.69. The van der Waals surface area contributed by atoms with Crippen LogP contribution < -0.4 is 10.8 Å². The molecule has 3 aromatic carbocycles. The van der Waals surface area contributed by atoms with E-state index in [9.17, 15) is 4.57 Å². The summed E-state index contributed by atoms with van der Waals surface area (Å²) in [6.45, 7) is 0. The Hall–Kier alpha value is -2.03. The molecule has 0 aliphatic heterocycles. The second-order valence-electron chi connectivity index (χ2n) is 4.53. The van der Waals surface area contributed by atoms with Crippen molar-refractivity contribution in [3.63, 3.8) is 0 Å². The Morgan fingerprint density at radius 2 is 1.62 bits per heavy atom. The van der Waals surface area contributed by atoms with Gasteiger partial charge in [0.1, 0.15) is 0 Å². The Bertz CT molecular complexity index is 793. The minimum absolute atomic E-state index is 0.650. The van der Waals surface area contributed by atoms with Gasteiger partial charge in [-0.25, -0.2) is 0 Å². The molecule has 0 saturated carbocycles. The normalized spacial score (nSPS) is 11.3. The van der Waals surface area contributed by atoms with Crippen molar-refractivity contribution >= 4 is 40.7 Å². The smallest absolute Gasteiger partial charge is 0.398 e. The maximum Gasteiger partial charge on any atom is 0.540 e. The van der Waals surface area contributed by atoms with Crippen LogP contribution >= 0.6 is 18.5 Å². The first-order valence-corrected chi connectivity index (χ1v) is 9.16. The fourth-order valence-corrected chi connectivity index (χ4v) is 4.68. The fourth-order valence-electron chi connectivity index (χ4n) is 2.09. The molecule has 0 bridgehead atoms. The van der Waals surface area contributed by atoms with Gasteiger partial charge >= 0.3 is 7.15 Å². The molecule has 1 unspecified atom stereocenters. The van der Waals surface area contributed by atoms with Crippen LogP contribution in [0.5, 0.6) is 0 Å². The summed E-state index contributed by atoms with van der Waals surface area (Å²) in [5.74, 6) is 0. The van der Waals surface area contributed by atoms with E-state index in [2.05, 4.69) is 5.09 Å². The van der Waals surface area contributed by atoms with Crippen molar-refractivity contribution in [3.8, 4) is 0 Å². The molecule has 0 saturated heterocycles. The second kappa shape index (κ2) is 6.17. The van der Waals surface area contributed by atoms with Gasteiger partial charge < -0.3 is 5.73 Å². The number of nitrogen functional groups attached to an aromatic ring is 1. The number of rotatable bonds is 4. The highest BCUT2D eigenvalue weighted by molar-refractivity contribution is 8.52. The number of nitrogens with one attached hydrogen (secondary N) is 1. The van der Waals surface area contributed by atoms with Crippen molar-refractivity contribution in [3.05, 3.63) is 66.7 Å². The average Bonchev–Trinajstić information content (AvgIpc) is 2.51. The number of anilines is 2. The van der Waals surface area contributed by atoms with E-state index in [1.54, 1.807) is 0 Å². The van der Waals surface area contributed by atoms with Crippen LogP contribution in [0.2, 0.25) is 0 Å². The standard InChI is InChI=1S/C16H14N2OPS/c17-15-11-10-12-6-4-5-9-14(12)16(15)21-20(19)18-13-7-2-1-3-8-13/h1-11H,17H2,(H,18,19)/q+1. The van der Waals surface area contributed by atoms with Crippen molar-refractivity contribution in [2.75, 3.05) is 10.8 Å². The van der Waals surface area contributed by atoms with Crippen molar-refractivity contribution < 1.29 is 4.57 Å². The van der Waals surface area contributed by atoms with Crippen molar-refractivity contribution in [1.29, 1.82) is 0 Å². The molecule has 5 heteroatoms. The van der Waals surface area contributed by atoms with Gasteiger partial charge in [0.05, 0.1) is 16.3 Å². The van der Waals surface area contributed by atoms with E-state index >= 15 is 0 Å². The molecule has 0 heterocycles. The maximum atomic E-state index is 12.3. The highest BCUT2D eigenvalue weighted by Gasteiger charge is 2.23. The summed E-state index contributed by atoms with van der Waals surface area (Å²) in [7, 11) is -1.69. The zero-order valence-corrected chi connectivity index (χ0v) is 12.9. The number of fused-ring (bicyclic) bond motifs is 1. The van der Waals surface area contributed by atoms with E-state index in [1.165, 1.54) is 11.4 Å². The molecule has 0 fully saturated rings. The number of nitrogens with two attached hydrogens (primary N) is 1. The van der Waals surface area contributed by atoms with Crippen LogP contribution in [0.25, 0.3) is 10.8 Å². The lowest BCUT2D eigenvalue weighted by Gasteiger charge is -2.04. The summed E-state index contributed by atoms with van der Waals surface area (Å²) >= 11 is 1.27. The molecule has 0 amide bonds. The molecule has 0 aromatic heterocycles. The Labute approximate surface area is 128 Å². The molecular formula is C16H14N2OPS+. The van der Waals surface area contributed by atoms with Crippen molar-refractivity contribution in [2.24, 2.45) is 0 Å². The Morgan fingerprint density at radius 1 is 0.905 bits per heavy atom. The van der Waals surface area contributed by atoms with Gasteiger partial charge in [-0.15, -0.1) is 0 Å². The van der Waals surface area contributed by atoms with Crippen LogP contribution in [0.15, 0.2) is 71.6 Å². The number of hydrogen-bond donors (Lipinski definition) is 2. The second-order valence-corrected chi connectivity index (χ2v) is 7.40. The summed E-state index contributed by atoms with van der Waals surface area (Å²) in [4.78, 5) is 0.859. The van der Waals surface area contributed by atoms with E-state index in [0.29, 0.717) is 5.69 Å². The molecular weight excluding hydrogens is 299 g/mol. The number of para-hydroxylation sites is 1. The predicted molar refractivity (Wildman–Crippen MR) is 91.9 cm³/mol. The Morgan fingerprint density at radius 3 is 2.43 bits per heavy atom. The lowest BCUT2D eigenvalue weighted by atomic mass is 10.1. The van der Waals surface area contributed by atoms with Gasteiger partial charge in [0, 0.05) is 5.39 Å². The molecule has 21 heavy (non-hydrogen) atoms. The van der Waals surface area contributed by atoms with E-state index in [0.717, 1.165) is 21.4 Å². The number of hydrogen-bond acceptors (Lipinski definition) is 3. The van der Waals surface area contributed by atoms with Crippen LogP contribution in [0.4, 0.5) is 11.4 Å². The molecule has 1 atom stereocenters. The van der Waals surface area contributed by atoms with Crippen LogP contribution in [-0.2, 0) is 4.57 Å². The third-order valence-corrected chi connectivity index (χ3v) is 5.64. The van der Waals surface area contributed by atoms with Crippen LogP contribution in [-0.4, -0.2) is 0 Å². The van der Waals surface area contributed by atoms with Gasteiger partial charge in [-0.1, -0.05) is 48.5 Å². The highest BCUT2D eigenvalue weighted by atomic mass is 32.7. The lowest BCUT2D eigenvalue weighted by Crippen LogP contribution is -1.90. The predicted octanol–water partition coefficient (Wildman–Crippen LogP) is 5.28. The summed E-state index contributed by atoms with van der Waals surface area (Å²) in [6, 6.07) is 21.3. The zero-order valence-electron chi connectivity index (χ0n) is 11.2. The molecule has 0 aliphatic rings. The molecule has 0 spiro atoms. The minimum Gasteiger partial charge on any atom is -0.398 e. The first kappa shape index (κ1) is 13.9. The molecule has 3 nitrogen and oxygen atoms in total. The molecule has 3 rings (SSSR count). The van der Waals surface area contributed by atoms with E-state index < -0.39 is 7.15 Å². The largest absolute Gasteiger partial charge is 0.540 e. The van der Waals surface area contributed by atoms with Gasteiger partial charge in [0.15, 0.2) is 11.4 Å². The first-order chi connectivity index (χ1) is 10.2. The summed E-state index contributed by atoms with van der Waals surface area (Å²) < 4.78 is 12.3. The average molecular weight is 313 g/mol. The SMILES string of the molecule is Nc1ccc2ccccc2c1S[P+](=O)Nc1ccccc1. The van der Waals surface area contributed by atoms with Crippen LogP contribution in [0, 0.1) is 0 Å². The van der Waals surface area contributed by atoms with Gasteiger partial charge in [-0.3, -0.25) is 0 Å². The highest BCUT2D eigenvalue weighted by Crippen LogP contribution is 2.48. The molecule has 3 aromatic rings. The molecule has 0 radical (unpaired) electrons. The zero-order chi connectivity index (χ0) is 14.7. The summed E-state index contributed by atoms with van der Waals surface area (Å²) in [6.07, 6.45) is 0. The van der Waals surface area contributed by atoms with E-state index in [4.69, 9.17) is 5.73 Å². The summed E-state index contributed by atoms with van der Waals surface area (Å²) in [5.41, 5.74) is 7.54. The van der Waals surface area contributed by atoms with Gasteiger partial charge in [0.25, 0.3) is 0 Å². The lowest BCUT2D eigenvalue weighted by molar-refractivity contribution is 0.599. The topological polar surface area (TPSA) is 55.1 Å². The van der Waals surface area contributed by atoms with Gasteiger partial charge in [-0.2, -0.15) is 5.09 Å². The van der Waals surface area contributed by atoms with Gasteiger partial charge in [-0.05, 0) is 28.2 Å². The first-order valence-electron chi connectivity index (χ1n) is 6.48. The summed E-state index contributed by atoms with van der Waals surface area (Å²) in [5, 5.41) is 5.12. The van der Waals surface area contributed by atoms with Crippen molar-refractivity contribution in [1.82, 2.24) is 0 Å². The molecule has 104 valence electrons. The third kappa shape index (κ3) is 3.18. The quantitative estimate of drug-likeness (QED) is 0.508. The number of benzene rings is 3. The Balaban J connectivity index is 1.88. The Kier molecular flexibility index (Phi) is 4.09. The van der Waals surface area contributed by atoms with Crippen molar-refractivity contribution in [2.45, 2.75) is 4.90 Å². The van der Waals surface area contributed by atoms with Crippen LogP contribution in [0.3, 0.4) is 0 Å². The fraction of sp³-hybridized carbons (Fsp3) is 0.